The Morgan fingerprint density at radius 1 is 0.208 bits per heavy atom. The fraction of sp³-hybridized carbons (Fsp3) is 0.500. The second-order valence-corrected chi connectivity index (χ2v) is 22.2. The third-order valence-corrected chi connectivity index (χ3v) is 16.9. The first-order chi connectivity index (χ1) is 35.1. The zero-order chi connectivity index (χ0) is 51.3. The van der Waals surface area contributed by atoms with Crippen LogP contribution in [0.25, 0.3) is 66.8 Å². The van der Waals surface area contributed by atoms with Gasteiger partial charge in [-0.1, -0.05) is 180 Å². The second kappa shape index (κ2) is 26.5. The predicted octanol–water partition coefficient (Wildman–Crippen LogP) is 22.0. The summed E-state index contributed by atoms with van der Waals surface area (Å²) in [5.74, 6) is 0. The summed E-state index contributed by atoms with van der Waals surface area (Å²) in [7, 11) is 0. The highest BCUT2D eigenvalue weighted by Crippen LogP contribution is 2.64. The monoisotopic (exact) mass is 961 g/mol. The molecule has 7 rings (SSSR count). The fourth-order valence-corrected chi connectivity index (χ4v) is 12.8. The highest BCUT2D eigenvalue weighted by Gasteiger charge is 2.38. The van der Waals surface area contributed by atoms with Crippen LogP contribution in [0.3, 0.4) is 0 Å². The molecule has 6 aromatic rings. The summed E-state index contributed by atoms with van der Waals surface area (Å²) in [4.78, 5) is 0. The molecule has 0 heterocycles. The lowest BCUT2D eigenvalue weighted by molar-refractivity contribution is 0.754. The van der Waals surface area contributed by atoms with Gasteiger partial charge in [0.15, 0.2) is 0 Å². The SMILES string of the molecule is CCCCc1c(C)ccc(-c2c3c(c(-c4ccc(C)c(CCCC)c4CCCC)c(-c4ccc(C)c(CCCC)c4CCCC)c2-c2ccc(C)c(CCCC)c2CCCC)-c2ccccc2-3)c1CCCC. The highest BCUT2D eigenvalue weighted by atomic mass is 14.4. The molecule has 1 aliphatic carbocycles. The molecule has 0 saturated heterocycles. The lowest BCUT2D eigenvalue weighted by atomic mass is 9.65. The van der Waals surface area contributed by atoms with Crippen molar-refractivity contribution in [3.63, 3.8) is 0 Å². The summed E-state index contributed by atoms with van der Waals surface area (Å²) in [6, 6.07) is 30.2. The van der Waals surface area contributed by atoms with E-state index >= 15 is 0 Å². The molecule has 0 unspecified atom stereocenters. The Bertz CT molecular complexity index is 2580. The van der Waals surface area contributed by atoms with Crippen molar-refractivity contribution in [2.75, 3.05) is 0 Å². The first-order valence-corrected chi connectivity index (χ1v) is 30.0. The zero-order valence-electron chi connectivity index (χ0n) is 47.9. The van der Waals surface area contributed by atoms with E-state index in [1.54, 1.807) is 44.5 Å². The maximum Gasteiger partial charge on any atom is -0.000730 e. The van der Waals surface area contributed by atoms with E-state index in [1.165, 1.54) is 192 Å². The van der Waals surface area contributed by atoms with E-state index in [9.17, 15) is 0 Å². The smallest absolute Gasteiger partial charge is 0.000730 e. The minimum absolute atomic E-state index is 1.11. The van der Waals surface area contributed by atoms with Crippen LogP contribution in [0, 0.1) is 27.7 Å². The van der Waals surface area contributed by atoms with Gasteiger partial charge in [0.1, 0.15) is 0 Å². The first kappa shape index (κ1) is 55.1. The maximum atomic E-state index is 2.63. The van der Waals surface area contributed by atoms with Crippen LogP contribution in [0.4, 0.5) is 0 Å². The average Bonchev–Trinajstić information content (AvgIpc) is 3.38. The number of fused-ring (bicyclic) bond motifs is 4. The van der Waals surface area contributed by atoms with Crippen molar-refractivity contribution < 1.29 is 0 Å². The van der Waals surface area contributed by atoms with Crippen molar-refractivity contribution in [2.45, 2.75) is 237 Å². The Morgan fingerprint density at radius 3 is 0.583 bits per heavy atom. The summed E-state index contributed by atoms with van der Waals surface area (Å²) in [6.07, 6.45) is 28.3. The van der Waals surface area contributed by atoms with Gasteiger partial charge in [0.05, 0.1) is 0 Å². The van der Waals surface area contributed by atoms with Gasteiger partial charge in [-0.2, -0.15) is 0 Å². The number of hydrogen-bond donors (Lipinski definition) is 0. The minimum Gasteiger partial charge on any atom is -0.0654 e. The van der Waals surface area contributed by atoms with Crippen molar-refractivity contribution >= 4 is 0 Å². The molecule has 0 fully saturated rings. The molecule has 0 spiro atoms. The number of aryl methyl sites for hydroxylation is 4. The third kappa shape index (κ3) is 11.3. The van der Waals surface area contributed by atoms with Gasteiger partial charge in [0.2, 0.25) is 0 Å². The topological polar surface area (TPSA) is 0 Å². The van der Waals surface area contributed by atoms with E-state index in [2.05, 4.69) is 156 Å². The Labute approximate surface area is 441 Å². The largest absolute Gasteiger partial charge is 0.0654 e. The van der Waals surface area contributed by atoms with E-state index < -0.39 is 0 Å². The summed E-state index contributed by atoms with van der Waals surface area (Å²) in [5.41, 5.74) is 36.8. The molecule has 0 aromatic heterocycles. The summed E-state index contributed by atoms with van der Waals surface area (Å²) < 4.78 is 0. The van der Waals surface area contributed by atoms with E-state index in [4.69, 9.17) is 0 Å². The normalized spacial score (nSPS) is 11.8. The van der Waals surface area contributed by atoms with Gasteiger partial charge in [-0.15, -0.1) is 0 Å². The zero-order valence-corrected chi connectivity index (χ0v) is 47.9. The molecule has 0 aliphatic heterocycles. The molecule has 384 valence electrons. The number of benzene rings is 6. The van der Waals surface area contributed by atoms with Gasteiger partial charge in [0.25, 0.3) is 0 Å². The van der Waals surface area contributed by atoms with Crippen LogP contribution >= 0.6 is 0 Å². The van der Waals surface area contributed by atoms with Crippen LogP contribution in [0.2, 0.25) is 0 Å². The van der Waals surface area contributed by atoms with Crippen LogP contribution in [0.1, 0.15) is 225 Å². The van der Waals surface area contributed by atoms with Crippen LogP contribution in [0.5, 0.6) is 0 Å². The maximum absolute atomic E-state index is 2.63. The Hall–Kier alpha value is -4.68. The van der Waals surface area contributed by atoms with E-state index in [0.717, 1.165) is 51.4 Å². The molecule has 0 bridgehead atoms. The van der Waals surface area contributed by atoms with Gasteiger partial charge in [0, 0.05) is 0 Å². The van der Waals surface area contributed by atoms with Crippen molar-refractivity contribution in [3.05, 3.63) is 140 Å². The predicted molar refractivity (Wildman–Crippen MR) is 320 cm³/mol. The third-order valence-electron chi connectivity index (χ3n) is 16.9. The van der Waals surface area contributed by atoms with Gasteiger partial charge in [-0.25, -0.2) is 0 Å². The number of unbranched alkanes of at least 4 members (excludes halogenated alkanes) is 8. The Morgan fingerprint density at radius 2 is 0.389 bits per heavy atom. The summed E-state index contributed by atoms with van der Waals surface area (Å²) in [5, 5.41) is 0. The van der Waals surface area contributed by atoms with Gasteiger partial charge in [-0.3, -0.25) is 0 Å². The molecule has 0 saturated carbocycles. The van der Waals surface area contributed by atoms with Gasteiger partial charge in [-0.05, 0) is 264 Å². The average molecular weight is 962 g/mol. The number of hydrogen-bond acceptors (Lipinski definition) is 0. The van der Waals surface area contributed by atoms with Crippen LogP contribution in [-0.2, 0) is 51.4 Å². The van der Waals surface area contributed by atoms with Gasteiger partial charge >= 0.3 is 0 Å². The molecule has 0 heteroatoms. The first-order valence-electron chi connectivity index (χ1n) is 30.0. The van der Waals surface area contributed by atoms with Crippen molar-refractivity contribution in [1.82, 2.24) is 0 Å². The summed E-state index contributed by atoms with van der Waals surface area (Å²) >= 11 is 0. The molecular weight excluding hydrogens is 865 g/mol. The van der Waals surface area contributed by atoms with Crippen LogP contribution < -0.4 is 0 Å². The van der Waals surface area contributed by atoms with E-state index in [0.29, 0.717) is 0 Å². The quantitative estimate of drug-likeness (QED) is 0.0459. The van der Waals surface area contributed by atoms with E-state index in [1.807, 2.05) is 0 Å². The lowest BCUT2D eigenvalue weighted by Gasteiger charge is -2.37. The van der Waals surface area contributed by atoms with Gasteiger partial charge < -0.3 is 0 Å². The molecule has 6 aromatic carbocycles. The number of rotatable bonds is 28. The standard InChI is InChI=1S/C72H96/c1-13-21-31-53-49(9)41-45-63(57(53)35-25-17-5)69-67-61-39-29-30-40-62(61)68(67)70(64-46-42-50(10)54(32-22-14-2)58(64)36-26-18-6)72(66-48-44-52(12)56(34-24-16-4)60(66)38-28-20-8)71(69)65-47-43-51(11)55(33-23-15-3)59(65)37-27-19-7/h29-30,39-48H,13-28,31-38H2,1-12H3. The van der Waals surface area contributed by atoms with E-state index in [-0.39, 0.29) is 0 Å². The molecule has 1 aliphatic rings. The minimum atomic E-state index is 1.11. The second-order valence-electron chi connectivity index (χ2n) is 22.2. The molecule has 0 atom stereocenters. The molecule has 0 N–H and O–H groups in total. The molecule has 0 amide bonds. The fourth-order valence-electron chi connectivity index (χ4n) is 12.8. The highest BCUT2D eigenvalue weighted by molar-refractivity contribution is 6.23. The molecule has 0 radical (unpaired) electrons. The van der Waals surface area contributed by atoms with Crippen LogP contribution in [-0.4, -0.2) is 0 Å². The molecule has 72 heavy (non-hydrogen) atoms. The van der Waals surface area contributed by atoms with Crippen molar-refractivity contribution in [1.29, 1.82) is 0 Å². The summed E-state index contributed by atoms with van der Waals surface area (Å²) in [6.45, 7) is 28.7. The van der Waals surface area contributed by atoms with Crippen LogP contribution in [0.15, 0.2) is 72.8 Å². The Balaban J connectivity index is 1.87. The lowest BCUT2D eigenvalue weighted by Crippen LogP contribution is -2.13. The van der Waals surface area contributed by atoms with Crippen molar-refractivity contribution in [3.8, 4) is 66.8 Å². The Kier molecular flexibility index (Phi) is 20.3. The molecular formula is C72H96. The van der Waals surface area contributed by atoms with Crippen molar-refractivity contribution in [2.24, 2.45) is 0 Å². The molecule has 0 nitrogen and oxygen atoms in total.